The van der Waals surface area contributed by atoms with Crippen molar-refractivity contribution < 1.29 is 38.5 Å². The van der Waals surface area contributed by atoms with Crippen molar-refractivity contribution in [1.82, 2.24) is 0 Å². The highest BCUT2D eigenvalue weighted by Gasteiger charge is 2.63. The molecule has 8 nitrogen and oxygen atoms in total. The molecule has 0 aliphatic heterocycles. The van der Waals surface area contributed by atoms with Gasteiger partial charge in [-0.3, -0.25) is 14.4 Å². The van der Waals surface area contributed by atoms with Crippen molar-refractivity contribution in [2.45, 2.75) is 113 Å². The van der Waals surface area contributed by atoms with E-state index in [0.717, 1.165) is 19.3 Å². The number of methoxy groups -OCH3 is 1. The number of fused-ring (bicyclic) bond motifs is 2. The van der Waals surface area contributed by atoms with E-state index in [1.54, 1.807) is 34.6 Å². The average molecular weight is 552 g/mol. The second-order valence-electron chi connectivity index (χ2n) is 14.1. The highest BCUT2D eigenvalue weighted by Crippen LogP contribution is 2.66. The zero-order valence-corrected chi connectivity index (χ0v) is 25.8. The van der Waals surface area contributed by atoms with E-state index in [-0.39, 0.29) is 42.8 Å². The molecule has 2 fully saturated rings. The van der Waals surface area contributed by atoms with Gasteiger partial charge in [-0.15, -0.1) is 0 Å². The average Bonchev–Trinajstić information content (AvgIpc) is 3.16. The van der Waals surface area contributed by atoms with E-state index in [1.807, 2.05) is 6.92 Å². The molecule has 2 rings (SSSR count). The number of esters is 3. The van der Waals surface area contributed by atoms with Crippen LogP contribution in [0.5, 0.6) is 0 Å². The molecule has 8 heteroatoms. The molecule has 0 aromatic heterocycles. The maximum Gasteiger partial charge on any atom is 0.357 e. The third kappa shape index (κ3) is 5.95. The van der Waals surface area contributed by atoms with E-state index in [1.165, 1.54) is 7.11 Å². The van der Waals surface area contributed by atoms with Crippen LogP contribution in [0, 0.1) is 45.3 Å². The van der Waals surface area contributed by atoms with Crippen molar-refractivity contribution in [2.75, 3.05) is 13.7 Å². The van der Waals surface area contributed by atoms with E-state index in [2.05, 4.69) is 27.7 Å². The van der Waals surface area contributed by atoms with Gasteiger partial charge in [0.25, 0.3) is 0 Å². The molecular formula is C31H51O8+. The molecule has 0 heterocycles. The Balaban J connectivity index is 2.36. The van der Waals surface area contributed by atoms with E-state index in [9.17, 15) is 24.3 Å². The first-order valence-electron chi connectivity index (χ1n) is 14.2. The van der Waals surface area contributed by atoms with Crippen molar-refractivity contribution in [3.05, 3.63) is 6.92 Å². The minimum atomic E-state index is -1.50. The fourth-order valence-electron chi connectivity index (χ4n) is 7.55. The van der Waals surface area contributed by atoms with Crippen molar-refractivity contribution in [3.8, 4) is 0 Å². The molecule has 0 aromatic rings. The number of hydrogen-bond acceptors (Lipinski definition) is 7. The van der Waals surface area contributed by atoms with Crippen molar-refractivity contribution in [2.24, 2.45) is 38.4 Å². The van der Waals surface area contributed by atoms with Gasteiger partial charge in [0.2, 0.25) is 0 Å². The molecule has 2 aliphatic rings. The predicted octanol–water partition coefficient (Wildman–Crippen LogP) is 6.00. The topological polar surface area (TPSA) is 116 Å². The zero-order valence-electron chi connectivity index (χ0n) is 25.8. The normalized spacial score (nSPS) is 29.7. The summed E-state index contributed by atoms with van der Waals surface area (Å²) in [5.74, 6) is -2.27. The second-order valence-corrected chi connectivity index (χ2v) is 14.1. The van der Waals surface area contributed by atoms with Crippen molar-refractivity contribution in [3.63, 3.8) is 0 Å². The SMILES string of the molecule is [CH2+]C(C)(CC(C)(CC(C)(CC(C)(CC)C(=O)OC1CC2CCC1(C)C2(C)C)C(=O)O)C(=O)OC)C(=O)OCC. The summed E-state index contributed by atoms with van der Waals surface area (Å²) >= 11 is 0. The van der Waals surface area contributed by atoms with E-state index >= 15 is 0 Å². The number of carboxylic acid groups (broad SMARTS) is 1. The van der Waals surface area contributed by atoms with Crippen LogP contribution >= 0.6 is 0 Å². The molecule has 0 radical (unpaired) electrons. The number of carboxylic acids is 1. The number of carbonyl (C=O) groups is 4. The maximum absolute atomic E-state index is 13.7. The van der Waals surface area contributed by atoms with Gasteiger partial charge in [-0.2, -0.15) is 0 Å². The smallest absolute Gasteiger partial charge is 0.357 e. The lowest BCUT2D eigenvalue weighted by atomic mass is 9.61. The first kappa shape index (κ1) is 33.0. The lowest BCUT2D eigenvalue weighted by Gasteiger charge is -2.42. The van der Waals surface area contributed by atoms with Crippen LogP contribution < -0.4 is 0 Å². The highest BCUT2D eigenvalue weighted by atomic mass is 16.5. The number of rotatable bonds is 13. The largest absolute Gasteiger partial charge is 0.481 e. The molecule has 0 aromatic carbocycles. The van der Waals surface area contributed by atoms with Gasteiger partial charge in [0.1, 0.15) is 6.10 Å². The first-order chi connectivity index (χ1) is 17.7. The number of aliphatic carboxylic acids is 1. The summed E-state index contributed by atoms with van der Waals surface area (Å²) in [4.78, 5) is 52.2. The van der Waals surface area contributed by atoms with Gasteiger partial charge in [-0.25, -0.2) is 4.79 Å². The second kappa shape index (κ2) is 11.0. The lowest BCUT2D eigenvalue weighted by Crippen LogP contribution is -2.47. The first-order valence-corrected chi connectivity index (χ1v) is 14.2. The number of hydrogen-bond donors (Lipinski definition) is 1. The number of carbonyl (C=O) groups excluding carboxylic acids is 3. The molecule has 39 heavy (non-hydrogen) atoms. The van der Waals surface area contributed by atoms with Gasteiger partial charge < -0.3 is 19.3 Å². The molecule has 0 spiro atoms. The van der Waals surface area contributed by atoms with Gasteiger partial charge in [0.15, 0.2) is 5.41 Å². The van der Waals surface area contributed by atoms with Crippen molar-refractivity contribution in [1.29, 1.82) is 0 Å². The predicted molar refractivity (Wildman–Crippen MR) is 147 cm³/mol. The molecule has 1 N–H and O–H groups in total. The Morgan fingerprint density at radius 3 is 1.87 bits per heavy atom. The lowest BCUT2D eigenvalue weighted by molar-refractivity contribution is -0.174. The Kier molecular flexibility index (Phi) is 9.27. The fraction of sp³-hybridized carbons (Fsp3) is 0.839. The third-order valence-corrected chi connectivity index (χ3v) is 10.5. The molecule has 7 atom stereocenters. The molecule has 7 unspecified atom stereocenters. The molecule has 2 saturated carbocycles. The minimum absolute atomic E-state index is 0.0409. The summed E-state index contributed by atoms with van der Waals surface area (Å²) in [7, 11) is 1.23. The fourth-order valence-corrected chi connectivity index (χ4v) is 7.55. The molecule has 222 valence electrons. The summed E-state index contributed by atoms with van der Waals surface area (Å²) in [5.41, 5.74) is -5.34. The van der Waals surface area contributed by atoms with Crippen LogP contribution in [0.25, 0.3) is 0 Å². The zero-order chi connectivity index (χ0) is 30.2. The minimum Gasteiger partial charge on any atom is -0.481 e. The monoisotopic (exact) mass is 551 g/mol. The molecule has 0 amide bonds. The highest BCUT2D eigenvalue weighted by molar-refractivity contribution is 5.83. The van der Waals surface area contributed by atoms with Gasteiger partial charge in [0, 0.05) is 11.8 Å². The maximum atomic E-state index is 13.7. The van der Waals surface area contributed by atoms with Gasteiger partial charge in [0.05, 0.1) is 36.9 Å². The summed E-state index contributed by atoms with van der Waals surface area (Å²) < 4.78 is 16.4. The Hall–Kier alpha value is -2.25. The Morgan fingerprint density at radius 2 is 1.46 bits per heavy atom. The molecule has 2 aliphatic carbocycles. The van der Waals surface area contributed by atoms with Crippen LogP contribution in [0.2, 0.25) is 0 Å². The van der Waals surface area contributed by atoms with Crippen LogP contribution in [-0.2, 0) is 33.4 Å². The van der Waals surface area contributed by atoms with Gasteiger partial charge >= 0.3 is 23.9 Å². The number of ether oxygens (including phenoxy) is 3. The summed E-state index contributed by atoms with van der Waals surface area (Å²) in [6.45, 7) is 20.8. The van der Waals surface area contributed by atoms with Crippen LogP contribution in [0.3, 0.4) is 0 Å². The summed E-state index contributed by atoms with van der Waals surface area (Å²) in [5, 5.41) is 10.5. The van der Waals surface area contributed by atoms with Crippen LogP contribution in [0.4, 0.5) is 0 Å². The Morgan fingerprint density at radius 1 is 0.897 bits per heavy atom. The van der Waals surface area contributed by atoms with Gasteiger partial charge in [-0.05, 0) is 84.5 Å². The van der Waals surface area contributed by atoms with Crippen LogP contribution in [0.1, 0.15) is 107 Å². The standard InChI is InChI=1S/C31H50O8/c1-12-28(7,25(36)39-21-16-20-14-15-31(21,10)27(20,5)6)18-29(8,22(32)33)19-30(9,24(35)37-11)17-26(3,4)23(34)38-13-2/h20-21H,3,12-19H2,1-2,4-11H3/p+1. The third-order valence-electron chi connectivity index (χ3n) is 10.5. The van der Waals surface area contributed by atoms with Crippen molar-refractivity contribution >= 4 is 23.9 Å². The molecule has 0 saturated heterocycles. The quantitative estimate of drug-likeness (QED) is 0.168. The van der Waals surface area contributed by atoms with Crippen LogP contribution in [0.15, 0.2) is 0 Å². The summed E-state index contributed by atoms with van der Waals surface area (Å²) in [6.07, 6.45) is 2.82. The molecular weight excluding hydrogens is 500 g/mol. The Bertz CT molecular complexity index is 970. The van der Waals surface area contributed by atoms with Gasteiger partial charge in [-0.1, -0.05) is 27.7 Å². The van der Waals surface area contributed by atoms with E-state index in [0.29, 0.717) is 12.3 Å². The molecule has 2 bridgehead atoms. The van der Waals surface area contributed by atoms with E-state index in [4.69, 9.17) is 14.2 Å². The van der Waals surface area contributed by atoms with Crippen LogP contribution in [-0.4, -0.2) is 48.8 Å². The Labute approximate surface area is 234 Å². The van der Waals surface area contributed by atoms with E-state index < -0.39 is 45.5 Å². The summed E-state index contributed by atoms with van der Waals surface area (Å²) in [6, 6.07) is 0.